The second kappa shape index (κ2) is 8.03. The lowest BCUT2D eigenvalue weighted by Gasteiger charge is -2.31. The fourth-order valence-corrected chi connectivity index (χ4v) is 5.05. The van der Waals surface area contributed by atoms with Gasteiger partial charge in [-0.3, -0.25) is 0 Å². The Morgan fingerprint density at radius 3 is 2.58 bits per heavy atom. The SMILES string of the molecule is COc1nc(-c2ccc(N3CCCn4cc5c(c43)CCCC5)nn2)ccc1-n1cnc(C)c1. The molecule has 8 nitrogen and oxygen atoms in total. The highest BCUT2D eigenvalue weighted by molar-refractivity contribution is 5.66. The lowest BCUT2D eigenvalue weighted by molar-refractivity contribution is 0.396. The molecule has 6 rings (SSSR count). The Balaban J connectivity index is 1.31. The minimum atomic E-state index is 0.524. The van der Waals surface area contributed by atoms with Gasteiger partial charge < -0.3 is 18.8 Å². The molecular formula is C25H27N7O. The van der Waals surface area contributed by atoms with Crippen LogP contribution in [0.4, 0.5) is 11.6 Å². The molecule has 1 aliphatic carbocycles. The van der Waals surface area contributed by atoms with Crippen LogP contribution in [0.5, 0.6) is 5.88 Å². The number of hydrogen-bond donors (Lipinski definition) is 0. The van der Waals surface area contributed by atoms with Crippen LogP contribution in [0.1, 0.15) is 36.1 Å². The summed E-state index contributed by atoms with van der Waals surface area (Å²) in [5, 5.41) is 9.15. The third kappa shape index (κ3) is 3.46. The van der Waals surface area contributed by atoms with Crippen LogP contribution < -0.4 is 9.64 Å². The average molecular weight is 442 g/mol. The first-order valence-electron chi connectivity index (χ1n) is 11.6. The summed E-state index contributed by atoms with van der Waals surface area (Å²) in [7, 11) is 1.63. The van der Waals surface area contributed by atoms with Crippen molar-refractivity contribution in [1.82, 2.24) is 29.3 Å². The Hall–Kier alpha value is -3.68. The maximum Gasteiger partial charge on any atom is 0.238 e. The number of anilines is 2. The monoisotopic (exact) mass is 441 g/mol. The number of ether oxygens (including phenoxy) is 1. The highest BCUT2D eigenvalue weighted by Gasteiger charge is 2.27. The van der Waals surface area contributed by atoms with E-state index in [1.807, 2.05) is 35.9 Å². The predicted octanol–water partition coefficient (Wildman–Crippen LogP) is 4.26. The van der Waals surface area contributed by atoms with E-state index in [1.165, 1.54) is 36.2 Å². The van der Waals surface area contributed by atoms with Gasteiger partial charge in [0.05, 0.1) is 24.8 Å². The summed E-state index contributed by atoms with van der Waals surface area (Å²) in [5.74, 6) is 2.73. The Kier molecular flexibility index (Phi) is 4.86. The first kappa shape index (κ1) is 20.0. The average Bonchev–Trinajstić information content (AvgIpc) is 3.47. The van der Waals surface area contributed by atoms with E-state index in [0.29, 0.717) is 5.88 Å². The smallest absolute Gasteiger partial charge is 0.238 e. The van der Waals surface area contributed by atoms with Crippen LogP contribution in [-0.2, 0) is 19.4 Å². The zero-order valence-electron chi connectivity index (χ0n) is 19.0. The number of aromatic nitrogens is 6. The number of nitrogens with zero attached hydrogens (tertiary/aromatic N) is 7. The standard InChI is InChI=1S/C25H27N7O/c1-17-14-31(16-26-17)22-10-8-20(27-24(22)33-2)21-9-11-23(29-28-21)32-13-5-12-30-15-18-6-3-4-7-19(18)25(30)32/h8-11,14-16H,3-7,12-13H2,1-2H3. The van der Waals surface area contributed by atoms with Gasteiger partial charge in [0.2, 0.25) is 5.88 Å². The van der Waals surface area contributed by atoms with E-state index < -0.39 is 0 Å². The first-order chi connectivity index (χ1) is 16.2. The van der Waals surface area contributed by atoms with E-state index in [2.05, 4.69) is 41.9 Å². The van der Waals surface area contributed by atoms with Crippen LogP contribution in [0, 0.1) is 6.92 Å². The molecule has 168 valence electrons. The van der Waals surface area contributed by atoms with E-state index in [0.717, 1.165) is 54.5 Å². The Morgan fingerprint density at radius 2 is 1.79 bits per heavy atom. The van der Waals surface area contributed by atoms with E-state index in [-0.39, 0.29) is 0 Å². The van der Waals surface area contributed by atoms with E-state index in [1.54, 1.807) is 13.4 Å². The first-order valence-corrected chi connectivity index (χ1v) is 11.6. The van der Waals surface area contributed by atoms with Gasteiger partial charge in [-0.05, 0) is 74.4 Å². The van der Waals surface area contributed by atoms with Gasteiger partial charge in [-0.25, -0.2) is 9.97 Å². The van der Waals surface area contributed by atoms with Crippen molar-refractivity contribution in [3.8, 4) is 23.0 Å². The normalized spacial score (nSPS) is 15.3. The van der Waals surface area contributed by atoms with Crippen molar-refractivity contribution >= 4 is 11.6 Å². The number of pyridine rings is 1. The van der Waals surface area contributed by atoms with Gasteiger partial charge in [-0.2, -0.15) is 0 Å². The third-order valence-corrected chi connectivity index (χ3v) is 6.61. The maximum atomic E-state index is 5.55. The Labute approximate surface area is 192 Å². The number of methoxy groups -OCH3 is 1. The van der Waals surface area contributed by atoms with Gasteiger partial charge in [-0.15, -0.1) is 10.2 Å². The van der Waals surface area contributed by atoms with Gasteiger partial charge in [0.15, 0.2) is 5.82 Å². The van der Waals surface area contributed by atoms with E-state index in [4.69, 9.17) is 4.74 Å². The summed E-state index contributed by atoms with van der Waals surface area (Å²) in [6.07, 6.45) is 12.1. The summed E-state index contributed by atoms with van der Waals surface area (Å²) in [6, 6.07) is 7.97. The van der Waals surface area contributed by atoms with Gasteiger partial charge in [-0.1, -0.05) is 0 Å². The van der Waals surface area contributed by atoms with Crippen molar-refractivity contribution in [2.24, 2.45) is 0 Å². The second-order valence-corrected chi connectivity index (χ2v) is 8.79. The minimum absolute atomic E-state index is 0.524. The quantitative estimate of drug-likeness (QED) is 0.471. The van der Waals surface area contributed by atoms with Gasteiger partial charge in [0.1, 0.15) is 17.2 Å². The van der Waals surface area contributed by atoms with Gasteiger partial charge in [0, 0.05) is 25.5 Å². The molecular weight excluding hydrogens is 414 g/mol. The predicted molar refractivity (Wildman–Crippen MR) is 126 cm³/mol. The molecule has 0 aromatic carbocycles. The van der Waals surface area contributed by atoms with Gasteiger partial charge >= 0.3 is 0 Å². The molecule has 0 amide bonds. The summed E-state index contributed by atoms with van der Waals surface area (Å²) < 4.78 is 9.88. The molecule has 0 atom stereocenters. The highest BCUT2D eigenvalue weighted by Crippen LogP contribution is 2.38. The van der Waals surface area contributed by atoms with Crippen LogP contribution in [0.15, 0.2) is 43.0 Å². The molecule has 4 aromatic heterocycles. The molecule has 33 heavy (non-hydrogen) atoms. The maximum absolute atomic E-state index is 5.55. The van der Waals surface area contributed by atoms with Crippen molar-refractivity contribution < 1.29 is 4.74 Å². The fourth-order valence-electron chi connectivity index (χ4n) is 5.05. The molecule has 0 spiro atoms. The Morgan fingerprint density at radius 1 is 0.909 bits per heavy atom. The topological polar surface area (TPSA) is 73.9 Å². The number of rotatable bonds is 4. The van der Waals surface area contributed by atoms with Crippen LogP contribution in [-0.4, -0.2) is 43.0 Å². The summed E-state index contributed by atoms with van der Waals surface area (Å²) in [5.41, 5.74) is 6.24. The van der Waals surface area contributed by atoms with Crippen molar-refractivity contribution in [1.29, 1.82) is 0 Å². The minimum Gasteiger partial charge on any atom is -0.479 e. The molecule has 0 unspecified atom stereocenters. The second-order valence-electron chi connectivity index (χ2n) is 8.79. The lowest BCUT2D eigenvalue weighted by atomic mass is 9.95. The number of fused-ring (bicyclic) bond motifs is 3. The van der Waals surface area contributed by atoms with Crippen molar-refractivity contribution in [3.05, 3.63) is 59.8 Å². The summed E-state index contributed by atoms with van der Waals surface area (Å²) >= 11 is 0. The molecule has 0 bridgehead atoms. The van der Waals surface area contributed by atoms with E-state index in [9.17, 15) is 0 Å². The van der Waals surface area contributed by atoms with Crippen molar-refractivity contribution in [2.75, 3.05) is 18.6 Å². The van der Waals surface area contributed by atoms with Crippen LogP contribution in [0.25, 0.3) is 17.1 Å². The molecule has 0 fully saturated rings. The number of imidazole rings is 1. The molecule has 0 saturated carbocycles. The zero-order chi connectivity index (χ0) is 22.4. The van der Waals surface area contributed by atoms with Crippen LogP contribution in [0.2, 0.25) is 0 Å². The molecule has 0 saturated heterocycles. The van der Waals surface area contributed by atoms with E-state index >= 15 is 0 Å². The Bertz CT molecular complexity index is 1310. The number of hydrogen-bond acceptors (Lipinski definition) is 6. The van der Waals surface area contributed by atoms with Crippen LogP contribution in [0.3, 0.4) is 0 Å². The summed E-state index contributed by atoms with van der Waals surface area (Å²) in [4.78, 5) is 11.3. The molecule has 1 aliphatic heterocycles. The fraction of sp³-hybridized carbons (Fsp3) is 0.360. The molecule has 5 heterocycles. The molecule has 4 aromatic rings. The lowest BCUT2D eigenvalue weighted by Crippen LogP contribution is -2.29. The molecule has 0 radical (unpaired) electrons. The van der Waals surface area contributed by atoms with Crippen molar-refractivity contribution in [2.45, 2.75) is 45.6 Å². The van der Waals surface area contributed by atoms with Gasteiger partial charge in [0.25, 0.3) is 0 Å². The third-order valence-electron chi connectivity index (χ3n) is 6.61. The molecule has 2 aliphatic rings. The number of aryl methyl sites for hydroxylation is 3. The zero-order valence-corrected chi connectivity index (χ0v) is 19.0. The van der Waals surface area contributed by atoms with Crippen molar-refractivity contribution in [3.63, 3.8) is 0 Å². The largest absolute Gasteiger partial charge is 0.479 e. The molecule has 0 N–H and O–H groups in total. The summed E-state index contributed by atoms with van der Waals surface area (Å²) in [6.45, 7) is 4.00. The van der Waals surface area contributed by atoms with Crippen LogP contribution >= 0.6 is 0 Å². The highest BCUT2D eigenvalue weighted by atomic mass is 16.5. The molecule has 8 heteroatoms.